The Morgan fingerprint density at radius 1 is 1.53 bits per heavy atom. The molecule has 2 aliphatic heterocycles. The molecule has 2 saturated heterocycles. The summed E-state index contributed by atoms with van der Waals surface area (Å²) < 4.78 is 0. The molecule has 2 rings (SSSR count). The van der Waals surface area contributed by atoms with E-state index >= 15 is 0 Å². The normalized spacial score (nSPS) is 34.7. The minimum absolute atomic E-state index is 0.0503. The smallest absolute Gasteiger partial charge is 0.241 e. The van der Waals surface area contributed by atoms with Gasteiger partial charge in [-0.05, 0) is 30.9 Å². The van der Waals surface area contributed by atoms with E-state index in [9.17, 15) is 4.79 Å². The molecule has 3 unspecified atom stereocenters. The van der Waals surface area contributed by atoms with Gasteiger partial charge in [-0.1, -0.05) is 20.8 Å². The van der Waals surface area contributed by atoms with Crippen LogP contribution in [0.2, 0.25) is 0 Å². The lowest BCUT2D eigenvalue weighted by molar-refractivity contribution is -0.132. The van der Waals surface area contributed by atoms with Gasteiger partial charge in [-0.15, -0.1) is 0 Å². The fraction of sp³-hybridized carbons (Fsp3) is 0.923. The van der Waals surface area contributed by atoms with Crippen LogP contribution in [-0.4, -0.2) is 40.6 Å². The zero-order chi connectivity index (χ0) is 12.4. The van der Waals surface area contributed by atoms with Crippen LogP contribution in [-0.2, 0) is 4.79 Å². The number of carbonyl (C=O) groups is 1. The Balaban J connectivity index is 2.12. The first-order valence-electron chi connectivity index (χ1n) is 6.81. The maximum atomic E-state index is 12.4. The second-order valence-electron chi connectivity index (χ2n) is 5.43. The SMILES string of the molecule is CCC1NC(C(C)C)N(C2CCCSC2)C1=O. The van der Waals surface area contributed by atoms with Crippen molar-refractivity contribution in [3.63, 3.8) is 0 Å². The zero-order valence-corrected chi connectivity index (χ0v) is 11.9. The molecule has 0 bridgehead atoms. The molecule has 3 nitrogen and oxygen atoms in total. The van der Waals surface area contributed by atoms with E-state index in [1.807, 2.05) is 11.8 Å². The lowest BCUT2D eigenvalue weighted by Crippen LogP contribution is -2.49. The van der Waals surface area contributed by atoms with E-state index in [1.54, 1.807) is 0 Å². The van der Waals surface area contributed by atoms with E-state index in [4.69, 9.17) is 0 Å². The second-order valence-corrected chi connectivity index (χ2v) is 6.58. The van der Waals surface area contributed by atoms with E-state index in [0.29, 0.717) is 17.9 Å². The highest BCUT2D eigenvalue weighted by Crippen LogP contribution is 2.28. The average molecular weight is 256 g/mol. The van der Waals surface area contributed by atoms with Crippen molar-refractivity contribution in [1.82, 2.24) is 10.2 Å². The molecule has 3 atom stereocenters. The zero-order valence-electron chi connectivity index (χ0n) is 11.1. The molecule has 2 heterocycles. The van der Waals surface area contributed by atoms with E-state index < -0.39 is 0 Å². The van der Waals surface area contributed by atoms with Gasteiger partial charge in [-0.3, -0.25) is 10.1 Å². The maximum Gasteiger partial charge on any atom is 0.241 e. The molecule has 0 aromatic carbocycles. The first-order chi connectivity index (χ1) is 8.15. The monoisotopic (exact) mass is 256 g/mol. The van der Waals surface area contributed by atoms with Crippen LogP contribution in [0.15, 0.2) is 0 Å². The topological polar surface area (TPSA) is 32.3 Å². The van der Waals surface area contributed by atoms with E-state index in [-0.39, 0.29) is 12.2 Å². The van der Waals surface area contributed by atoms with Crippen LogP contribution in [0.1, 0.15) is 40.0 Å². The van der Waals surface area contributed by atoms with Gasteiger partial charge in [-0.25, -0.2) is 0 Å². The largest absolute Gasteiger partial charge is 0.322 e. The summed E-state index contributed by atoms with van der Waals surface area (Å²) in [6.45, 7) is 6.49. The summed E-state index contributed by atoms with van der Waals surface area (Å²) in [6, 6.07) is 0.507. The van der Waals surface area contributed by atoms with E-state index in [0.717, 1.165) is 12.2 Å². The van der Waals surface area contributed by atoms with Gasteiger partial charge < -0.3 is 4.90 Å². The molecule has 1 N–H and O–H groups in total. The number of nitrogens with zero attached hydrogens (tertiary/aromatic N) is 1. The highest BCUT2D eigenvalue weighted by Gasteiger charge is 2.42. The van der Waals surface area contributed by atoms with Crippen molar-refractivity contribution in [2.45, 2.75) is 58.3 Å². The van der Waals surface area contributed by atoms with Crippen LogP contribution >= 0.6 is 11.8 Å². The Bertz CT molecular complexity index is 277. The molecule has 0 saturated carbocycles. The quantitative estimate of drug-likeness (QED) is 0.839. The summed E-state index contributed by atoms with van der Waals surface area (Å²) in [6.07, 6.45) is 3.58. The van der Waals surface area contributed by atoms with Crippen molar-refractivity contribution in [3.8, 4) is 0 Å². The molecule has 98 valence electrons. The van der Waals surface area contributed by atoms with Crippen LogP contribution in [0.5, 0.6) is 0 Å². The van der Waals surface area contributed by atoms with Gasteiger partial charge in [0.2, 0.25) is 5.91 Å². The van der Waals surface area contributed by atoms with E-state index in [1.165, 1.54) is 18.6 Å². The van der Waals surface area contributed by atoms with Crippen LogP contribution in [0, 0.1) is 5.92 Å². The Morgan fingerprint density at radius 3 is 2.82 bits per heavy atom. The molecule has 0 aromatic heterocycles. The number of nitrogens with one attached hydrogen (secondary N) is 1. The lowest BCUT2D eigenvalue weighted by atomic mass is 10.1. The lowest BCUT2D eigenvalue weighted by Gasteiger charge is -2.36. The Labute approximate surface area is 109 Å². The number of thioether (sulfide) groups is 1. The van der Waals surface area contributed by atoms with Crippen LogP contribution in [0.4, 0.5) is 0 Å². The Kier molecular flexibility index (Phi) is 4.36. The summed E-state index contributed by atoms with van der Waals surface area (Å²) in [5.41, 5.74) is 0. The second kappa shape index (κ2) is 5.61. The van der Waals surface area contributed by atoms with Crippen molar-refractivity contribution in [3.05, 3.63) is 0 Å². The Morgan fingerprint density at radius 2 is 2.29 bits per heavy atom. The van der Waals surface area contributed by atoms with Crippen LogP contribution in [0.25, 0.3) is 0 Å². The average Bonchev–Trinajstić information content (AvgIpc) is 2.67. The van der Waals surface area contributed by atoms with Crippen LogP contribution < -0.4 is 5.32 Å². The molecule has 2 aliphatic rings. The fourth-order valence-electron chi connectivity index (χ4n) is 2.83. The summed E-state index contributed by atoms with van der Waals surface area (Å²) in [7, 11) is 0. The number of amides is 1. The van der Waals surface area contributed by atoms with Crippen molar-refractivity contribution < 1.29 is 4.79 Å². The predicted molar refractivity (Wildman–Crippen MR) is 73.0 cm³/mol. The van der Waals surface area contributed by atoms with Gasteiger partial charge in [0.05, 0.1) is 12.2 Å². The van der Waals surface area contributed by atoms with Gasteiger partial charge in [0, 0.05) is 11.8 Å². The summed E-state index contributed by atoms with van der Waals surface area (Å²) in [5.74, 6) is 3.20. The highest BCUT2D eigenvalue weighted by molar-refractivity contribution is 7.99. The first-order valence-corrected chi connectivity index (χ1v) is 7.96. The number of hydrogen-bond acceptors (Lipinski definition) is 3. The molecule has 0 aliphatic carbocycles. The molecule has 2 fully saturated rings. The molecule has 4 heteroatoms. The van der Waals surface area contributed by atoms with E-state index in [2.05, 4.69) is 31.0 Å². The molecule has 0 spiro atoms. The number of rotatable bonds is 3. The molecule has 0 aromatic rings. The fourth-order valence-corrected chi connectivity index (χ4v) is 3.97. The summed E-state index contributed by atoms with van der Waals surface area (Å²) in [5, 5.41) is 3.50. The molecule has 0 radical (unpaired) electrons. The van der Waals surface area contributed by atoms with Gasteiger partial charge in [0.1, 0.15) is 0 Å². The number of hydrogen-bond donors (Lipinski definition) is 1. The molecular formula is C13H24N2OS. The van der Waals surface area contributed by atoms with Crippen molar-refractivity contribution in [1.29, 1.82) is 0 Å². The van der Waals surface area contributed by atoms with Crippen LogP contribution in [0.3, 0.4) is 0 Å². The Hall–Kier alpha value is -0.220. The summed E-state index contributed by atoms with van der Waals surface area (Å²) >= 11 is 1.99. The van der Waals surface area contributed by atoms with Crippen molar-refractivity contribution in [2.75, 3.05) is 11.5 Å². The molecule has 1 amide bonds. The third-order valence-corrected chi connectivity index (χ3v) is 4.99. The molecule has 17 heavy (non-hydrogen) atoms. The maximum absolute atomic E-state index is 12.4. The highest BCUT2D eigenvalue weighted by atomic mass is 32.2. The predicted octanol–water partition coefficient (Wildman–Crippen LogP) is 2.07. The van der Waals surface area contributed by atoms with Crippen molar-refractivity contribution in [2.24, 2.45) is 5.92 Å². The van der Waals surface area contributed by atoms with Crippen molar-refractivity contribution >= 4 is 17.7 Å². The standard InChI is InChI=1S/C13H24N2OS/c1-4-11-13(16)15(12(14-11)9(2)3)10-6-5-7-17-8-10/h9-12,14H,4-8H2,1-3H3. The summed E-state index contributed by atoms with van der Waals surface area (Å²) in [4.78, 5) is 14.6. The van der Waals surface area contributed by atoms with Gasteiger partial charge in [-0.2, -0.15) is 11.8 Å². The number of carbonyl (C=O) groups excluding carboxylic acids is 1. The minimum Gasteiger partial charge on any atom is -0.322 e. The first kappa shape index (κ1) is 13.2. The van der Waals surface area contributed by atoms with Gasteiger partial charge in [0.15, 0.2) is 0 Å². The minimum atomic E-state index is 0.0503. The van der Waals surface area contributed by atoms with Gasteiger partial charge >= 0.3 is 0 Å². The third kappa shape index (κ3) is 2.63. The van der Waals surface area contributed by atoms with Gasteiger partial charge in [0.25, 0.3) is 0 Å². The molecular weight excluding hydrogens is 232 g/mol. The third-order valence-electron chi connectivity index (χ3n) is 3.79.